The van der Waals surface area contributed by atoms with Crippen LogP contribution in [0.5, 0.6) is 0 Å². The maximum atomic E-state index is 11.6. The van der Waals surface area contributed by atoms with Crippen LogP contribution < -0.4 is 5.32 Å². The molecule has 0 aromatic carbocycles. The predicted octanol–water partition coefficient (Wildman–Crippen LogP) is 0.444. The molecule has 104 valence electrons. The van der Waals surface area contributed by atoms with Crippen molar-refractivity contribution >= 4 is 18.0 Å². The molecule has 0 aliphatic carbocycles. The molecule has 0 saturated carbocycles. The highest BCUT2D eigenvalue weighted by Gasteiger charge is 2.18. The first-order valence-electron chi connectivity index (χ1n) is 5.78. The summed E-state index contributed by atoms with van der Waals surface area (Å²) in [5.41, 5.74) is 0. The summed E-state index contributed by atoms with van der Waals surface area (Å²) in [6, 6.07) is -1.15. The van der Waals surface area contributed by atoms with Crippen LogP contribution in [0.2, 0.25) is 0 Å². The number of nitrogens with zero attached hydrogens (tertiary/aromatic N) is 1. The number of nitrogens with one attached hydrogen (secondary N) is 1. The molecule has 0 bridgehead atoms. The summed E-state index contributed by atoms with van der Waals surface area (Å²) in [5, 5.41) is 10.9. The SMILES string of the molecule is CCOC(=O)C(C)NC(=O)N(C)CCCC(=O)O. The Kier molecular flexibility index (Phi) is 7.50. The fourth-order valence-electron chi connectivity index (χ4n) is 1.19. The van der Waals surface area contributed by atoms with E-state index in [0.29, 0.717) is 13.0 Å². The van der Waals surface area contributed by atoms with Crippen molar-refractivity contribution < 1.29 is 24.2 Å². The van der Waals surface area contributed by atoms with Gasteiger partial charge in [-0.1, -0.05) is 0 Å². The van der Waals surface area contributed by atoms with Crippen LogP contribution in [-0.4, -0.2) is 54.2 Å². The van der Waals surface area contributed by atoms with Gasteiger partial charge in [0.25, 0.3) is 0 Å². The van der Waals surface area contributed by atoms with E-state index in [1.54, 1.807) is 6.92 Å². The van der Waals surface area contributed by atoms with Crippen molar-refractivity contribution in [2.24, 2.45) is 0 Å². The quantitative estimate of drug-likeness (QED) is 0.648. The first-order valence-corrected chi connectivity index (χ1v) is 5.78. The average Bonchev–Trinajstić information content (AvgIpc) is 2.28. The van der Waals surface area contributed by atoms with Gasteiger partial charge in [-0.3, -0.25) is 4.79 Å². The highest BCUT2D eigenvalue weighted by atomic mass is 16.5. The first kappa shape index (κ1) is 16.2. The Morgan fingerprint density at radius 1 is 1.39 bits per heavy atom. The Bertz CT molecular complexity index is 306. The molecule has 1 atom stereocenters. The van der Waals surface area contributed by atoms with Gasteiger partial charge in [-0.05, 0) is 20.3 Å². The number of carbonyl (C=O) groups is 3. The molecule has 7 nitrogen and oxygen atoms in total. The zero-order valence-electron chi connectivity index (χ0n) is 10.9. The molecule has 0 aliphatic rings. The number of carbonyl (C=O) groups excluding carboxylic acids is 2. The van der Waals surface area contributed by atoms with Gasteiger partial charge >= 0.3 is 18.0 Å². The lowest BCUT2D eigenvalue weighted by Crippen LogP contribution is -2.46. The lowest BCUT2D eigenvalue weighted by atomic mass is 10.3. The first-order chi connectivity index (χ1) is 8.38. The average molecular weight is 260 g/mol. The van der Waals surface area contributed by atoms with Gasteiger partial charge in [0.15, 0.2) is 0 Å². The Hall–Kier alpha value is -1.79. The van der Waals surface area contributed by atoms with E-state index in [4.69, 9.17) is 9.84 Å². The van der Waals surface area contributed by atoms with Crippen LogP contribution in [0.3, 0.4) is 0 Å². The molecule has 0 aromatic heterocycles. The molecule has 0 radical (unpaired) electrons. The van der Waals surface area contributed by atoms with Crippen molar-refractivity contribution in [3.63, 3.8) is 0 Å². The van der Waals surface area contributed by atoms with E-state index in [9.17, 15) is 14.4 Å². The predicted molar refractivity (Wildman–Crippen MR) is 64.1 cm³/mol. The highest BCUT2D eigenvalue weighted by molar-refractivity contribution is 5.83. The maximum Gasteiger partial charge on any atom is 0.328 e. The van der Waals surface area contributed by atoms with Crippen LogP contribution in [0.1, 0.15) is 26.7 Å². The van der Waals surface area contributed by atoms with Crippen molar-refractivity contribution in [1.29, 1.82) is 0 Å². The summed E-state index contributed by atoms with van der Waals surface area (Å²) in [5.74, 6) is -1.39. The summed E-state index contributed by atoms with van der Waals surface area (Å²) < 4.78 is 4.75. The van der Waals surface area contributed by atoms with Gasteiger partial charge in [0.2, 0.25) is 0 Å². The minimum Gasteiger partial charge on any atom is -0.481 e. The molecule has 0 spiro atoms. The molecule has 1 unspecified atom stereocenters. The number of esters is 1. The van der Waals surface area contributed by atoms with Gasteiger partial charge in [0.05, 0.1) is 6.61 Å². The molecular formula is C11H20N2O5. The Morgan fingerprint density at radius 3 is 2.50 bits per heavy atom. The summed E-state index contributed by atoms with van der Waals surface area (Å²) in [7, 11) is 1.54. The maximum absolute atomic E-state index is 11.6. The van der Waals surface area contributed by atoms with Crippen LogP contribution in [0.4, 0.5) is 4.79 Å². The molecule has 0 rings (SSSR count). The van der Waals surface area contributed by atoms with E-state index in [1.165, 1.54) is 18.9 Å². The Balaban J connectivity index is 3.99. The number of carboxylic acid groups (broad SMARTS) is 1. The molecule has 0 saturated heterocycles. The van der Waals surface area contributed by atoms with Crippen molar-refractivity contribution in [3.8, 4) is 0 Å². The molecule has 0 fully saturated rings. The van der Waals surface area contributed by atoms with E-state index in [-0.39, 0.29) is 13.0 Å². The standard InChI is InChI=1S/C11H20N2O5/c1-4-18-10(16)8(2)12-11(17)13(3)7-5-6-9(14)15/h8H,4-7H2,1-3H3,(H,12,17)(H,14,15). The van der Waals surface area contributed by atoms with Crippen LogP contribution >= 0.6 is 0 Å². The van der Waals surface area contributed by atoms with Crippen molar-refractivity contribution in [2.75, 3.05) is 20.2 Å². The third-order valence-corrected chi connectivity index (χ3v) is 2.21. The monoisotopic (exact) mass is 260 g/mol. The largest absolute Gasteiger partial charge is 0.481 e. The number of hydrogen-bond donors (Lipinski definition) is 2. The lowest BCUT2D eigenvalue weighted by molar-refractivity contribution is -0.144. The van der Waals surface area contributed by atoms with Gasteiger partial charge in [-0.15, -0.1) is 0 Å². The Labute approximate surface area is 106 Å². The van der Waals surface area contributed by atoms with E-state index in [0.717, 1.165) is 0 Å². The van der Waals surface area contributed by atoms with Crippen LogP contribution in [0.15, 0.2) is 0 Å². The number of hydrogen-bond acceptors (Lipinski definition) is 4. The minimum atomic E-state index is -0.899. The van der Waals surface area contributed by atoms with E-state index in [1.807, 2.05) is 0 Å². The molecule has 0 aromatic rings. The number of aliphatic carboxylic acids is 1. The van der Waals surface area contributed by atoms with Crippen molar-refractivity contribution in [1.82, 2.24) is 10.2 Å². The normalized spacial score (nSPS) is 11.5. The van der Waals surface area contributed by atoms with E-state index in [2.05, 4.69) is 5.32 Å². The number of carboxylic acids is 1. The second-order valence-corrected chi connectivity index (χ2v) is 3.84. The smallest absolute Gasteiger partial charge is 0.328 e. The molecule has 0 aliphatic heterocycles. The van der Waals surface area contributed by atoms with Gasteiger partial charge in [0.1, 0.15) is 6.04 Å². The van der Waals surface area contributed by atoms with Crippen molar-refractivity contribution in [2.45, 2.75) is 32.7 Å². The number of urea groups is 1. The summed E-state index contributed by atoms with van der Waals surface area (Å²) in [6.45, 7) is 3.78. The molecule has 0 heterocycles. The summed E-state index contributed by atoms with van der Waals surface area (Å²) in [4.78, 5) is 34.5. The van der Waals surface area contributed by atoms with Crippen molar-refractivity contribution in [3.05, 3.63) is 0 Å². The van der Waals surface area contributed by atoms with Crippen LogP contribution in [0, 0.1) is 0 Å². The zero-order valence-corrected chi connectivity index (χ0v) is 10.9. The molecule has 2 N–H and O–H groups in total. The van der Waals surface area contributed by atoms with E-state index >= 15 is 0 Å². The molecule has 7 heteroatoms. The van der Waals surface area contributed by atoms with Crippen LogP contribution in [-0.2, 0) is 14.3 Å². The third-order valence-electron chi connectivity index (χ3n) is 2.21. The Morgan fingerprint density at radius 2 is 2.00 bits per heavy atom. The highest BCUT2D eigenvalue weighted by Crippen LogP contribution is 1.95. The zero-order chi connectivity index (χ0) is 14.1. The topological polar surface area (TPSA) is 95.9 Å². The number of amides is 2. The third kappa shape index (κ3) is 6.72. The second-order valence-electron chi connectivity index (χ2n) is 3.84. The number of rotatable bonds is 7. The summed E-state index contributed by atoms with van der Waals surface area (Å²) in [6.07, 6.45) is 0.373. The van der Waals surface area contributed by atoms with E-state index < -0.39 is 24.0 Å². The molecular weight excluding hydrogens is 240 g/mol. The van der Waals surface area contributed by atoms with Gasteiger partial charge in [-0.2, -0.15) is 0 Å². The second kappa shape index (κ2) is 8.32. The lowest BCUT2D eigenvalue weighted by Gasteiger charge is -2.20. The van der Waals surface area contributed by atoms with Gasteiger partial charge in [0, 0.05) is 20.0 Å². The molecule has 2 amide bonds. The minimum absolute atomic E-state index is 0.00501. The number of ether oxygens (including phenoxy) is 1. The fourth-order valence-corrected chi connectivity index (χ4v) is 1.19. The summed E-state index contributed by atoms with van der Waals surface area (Å²) >= 11 is 0. The fraction of sp³-hybridized carbons (Fsp3) is 0.727. The van der Waals surface area contributed by atoms with Gasteiger partial charge in [-0.25, -0.2) is 9.59 Å². The molecule has 18 heavy (non-hydrogen) atoms. The van der Waals surface area contributed by atoms with Crippen LogP contribution in [0.25, 0.3) is 0 Å². The van der Waals surface area contributed by atoms with Gasteiger partial charge < -0.3 is 20.1 Å².